The summed E-state index contributed by atoms with van der Waals surface area (Å²) in [5.41, 5.74) is 0.216. The number of rotatable bonds is 7. The first-order valence-corrected chi connectivity index (χ1v) is 9.67. The number of nitro benzene ring substituents is 1. The van der Waals surface area contributed by atoms with E-state index in [1.807, 2.05) is 0 Å². The lowest BCUT2D eigenvalue weighted by molar-refractivity contribution is -0.384. The number of carbonyl (C=O) groups excluding carboxylic acids is 1. The van der Waals surface area contributed by atoms with Crippen molar-refractivity contribution >= 4 is 33.0 Å². The van der Waals surface area contributed by atoms with E-state index >= 15 is 0 Å². The molecule has 0 aromatic heterocycles. The van der Waals surface area contributed by atoms with Crippen LogP contribution >= 0.6 is 0 Å². The monoisotopic (exact) mass is 393 g/mol. The number of anilines is 2. The van der Waals surface area contributed by atoms with Gasteiger partial charge in [-0.3, -0.25) is 19.2 Å². The fraction of sp³-hybridized carbons (Fsp3) is 0.235. The van der Waals surface area contributed by atoms with Crippen LogP contribution in [0, 0.1) is 10.1 Å². The van der Waals surface area contributed by atoms with Gasteiger partial charge in [0, 0.05) is 17.8 Å². The van der Waals surface area contributed by atoms with Gasteiger partial charge in [-0.05, 0) is 37.3 Å². The van der Waals surface area contributed by atoms with E-state index in [0.29, 0.717) is 11.4 Å². The predicted octanol–water partition coefficient (Wildman–Crippen LogP) is 2.40. The van der Waals surface area contributed by atoms with Crippen molar-refractivity contribution in [2.24, 2.45) is 0 Å². The number of amides is 1. The minimum atomic E-state index is -3.88. The number of nitrogens with zero attached hydrogens (tertiary/aromatic N) is 2. The molecule has 1 amide bonds. The highest BCUT2D eigenvalue weighted by Gasteiger charge is 2.30. The molecule has 27 heavy (non-hydrogen) atoms. The molecule has 0 bridgehead atoms. The molecule has 2 rings (SSSR count). The van der Waals surface area contributed by atoms with Gasteiger partial charge in [0.25, 0.3) is 5.69 Å². The molecule has 0 aliphatic rings. The summed E-state index contributed by atoms with van der Waals surface area (Å²) in [5, 5.41) is 13.6. The van der Waals surface area contributed by atoms with Crippen LogP contribution in [0.3, 0.4) is 0 Å². The molecule has 1 N–H and O–H groups in total. The molecular weight excluding hydrogens is 374 g/mol. The minimum Gasteiger partial charge on any atom is -0.497 e. The van der Waals surface area contributed by atoms with Crippen LogP contribution in [-0.2, 0) is 14.8 Å². The van der Waals surface area contributed by atoms with Gasteiger partial charge in [0.1, 0.15) is 11.8 Å². The second-order valence-corrected chi connectivity index (χ2v) is 7.59. The van der Waals surface area contributed by atoms with Crippen LogP contribution in [0.25, 0.3) is 0 Å². The van der Waals surface area contributed by atoms with Crippen molar-refractivity contribution in [3.63, 3.8) is 0 Å². The van der Waals surface area contributed by atoms with Crippen molar-refractivity contribution in [2.75, 3.05) is 23.0 Å². The predicted molar refractivity (Wildman–Crippen MR) is 102 cm³/mol. The lowest BCUT2D eigenvalue weighted by Crippen LogP contribution is -2.45. The maximum absolute atomic E-state index is 12.6. The largest absolute Gasteiger partial charge is 0.497 e. The van der Waals surface area contributed by atoms with Crippen molar-refractivity contribution in [3.8, 4) is 5.75 Å². The summed E-state index contributed by atoms with van der Waals surface area (Å²) < 4.78 is 30.4. The maximum Gasteiger partial charge on any atom is 0.271 e. The third-order valence-corrected chi connectivity index (χ3v) is 4.98. The average molecular weight is 393 g/mol. The molecule has 0 fully saturated rings. The zero-order valence-electron chi connectivity index (χ0n) is 14.9. The quantitative estimate of drug-likeness (QED) is 0.570. The number of nitro groups is 1. The molecule has 0 radical (unpaired) electrons. The first-order valence-electron chi connectivity index (χ1n) is 7.82. The molecule has 0 saturated heterocycles. The number of hydrogen-bond acceptors (Lipinski definition) is 6. The summed E-state index contributed by atoms with van der Waals surface area (Å²) in [7, 11) is -2.37. The second kappa shape index (κ2) is 8.04. The molecule has 0 unspecified atom stereocenters. The van der Waals surface area contributed by atoms with Crippen LogP contribution in [-0.4, -0.2) is 38.7 Å². The van der Waals surface area contributed by atoms with E-state index in [4.69, 9.17) is 4.74 Å². The lowest BCUT2D eigenvalue weighted by Gasteiger charge is -2.28. The van der Waals surface area contributed by atoms with Gasteiger partial charge in [-0.1, -0.05) is 6.07 Å². The summed E-state index contributed by atoms with van der Waals surface area (Å²) in [6, 6.07) is 10.5. The molecule has 10 heteroatoms. The molecular formula is C17H19N3O6S. The second-order valence-electron chi connectivity index (χ2n) is 5.73. The Hall–Kier alpha value is -3.14. The Morgan fingerprint density at radius 1 is 1.22 bits per heavy atom. The molecule has 1 atom stereocenters. The van der Waals surface area contributed by atoms with Crippen LogP contribution < -0.4 is 14.4 Å². The van der Waals surface area contributed by atoms with Crippen LogP contribution in [0.5, 0.6) is 5.75 Å². The number of nitrogens with one attached hydrogen (secondary N) is 1. The fourth-order valence-corrected chi connectivity index (χ4v) is 3.64. The zero-order chi connectivity index (χ0) is 20.2. The number of hydrogen-bond donors (Lipinski definition) is 1. The summed E-state index contributed by atoms with van der Waals surface area (Å²) in [6.45, 7) is 1.40. The van der Waals surface area contributed by atoms with Crippen molar-refractivity contribution in [2.45, 2.75) is 13.0 Å². The third-order valence-electron chi connectivity index (χ3n) is 3.74. The average Bonchev–Trinajstić information content (AvgIpc) is 2.61. The Balaban J connectivity index is 2.31. The molecule has 0 aliphatic carbocycles. The van der Waals surface area contributed by atoms with Crippen molar-refractivity contribution in [1.82, 2.24) is 0 Å². The highest BCUT2D eigenvalue weighted by molar-refractivity contribution is 7.92. The SMILES string of the molecule is COc1ccc(NC(=O)[C@H](C)N(c2cccc([N+](=O)[O-])c2)S(C)(=O)=O)cc1. The van der Waals surface area contributed by atoms with Gasteiger partial charge in [-0.2, -0.15) is 0 Å². The highest BCUT2D eigenvalue weighted by Crippen LogP contribution is 2.26. The Morgan fingerprint density at radius 3 is 2.37 bits per heavy atom. The lowest BCUT2D eigenvalue weighted by atomic mass is 10.2. The molecule has 0 saturated carbocycles. The van der Waals surface area contributed by atoms with Crippen LogP contribution in [0.15, 0.2) is 48.5 Å². The number of sulfonamides is 1. The van der Waals surface area contributed by atoms with Crippen LogP contribution in [0.1, 0.15) is 6.92 Å². The Kier molecular flexibility index (Phi) is 6.01. The first-order chi connectivity index (χ1) is 12.6. The number of carbonyl (C=O) groups is 1. The van der Waals surface area contributed by atoms with Gasteiger partial charge < -0.3 is 10.1 Å². The summed E-state index contributed by atoms with van der Waals surface area (Å²) in [5.74, 6) is 0.0208. The van der Waals surface area contributed by atoms with Crippen LogP contribution in [0.2, 0.25) is 0 Å². The number of ether oxygens (including phenoxy) is 1. The molecule has 2 aromatic carbocycles. The summed E-state index contributed by atoms with van der Waals surface area (Å²) in [6.07, 6.45) is 0.934. The van der Waals surface area contributed by atoms with E-state index in [1.165, 1.54) is 32.2 Å². The molecule has 0 aliphatic heterocycles. The number of methoxy groups -OCH3 is 1. The third kappa shape index (κ3) is 4.94. The molecule has 0 heterocycles. The summed E-state index contributed by atoms with van der Waals surface area (Å²) in [4.78, 5) is 22.9. The van der Waals surface area contributed by atoms with Gasteiger partial charge in [0.05, 0.1) is 24.0 Å². The molecule has 2 aromatic rings. The zero-order valence-corrected chi connectivity index (χ0v) is 15.8. The Bertz CT molecular complexity index is 943. The van der Waals surface area contributed by atoms with Gasteiger partial charge in [-0.15, -0.1) is 0 Å². The van der Waals surface area contributed by atoms with Crippen LogP contribution in [0.4, 0.5) is 17.1 Å². The highest BCUT2D eigenvalue weighted by atomic mass is 32.2. The smallest absolute Gasteiger partial charge is 0.271 e. The number of non-ortho nitro benzene ring substituents is 1. The van der Waals surface area contributed by atoms with E-state index in [2.05, 4.69) is 5.32 Å². The Labute approximate surface area is 156 Å². The van der Waals surface area contributed by atoms with Crippen molar-refractivity contribution in [1.29, 1.82) is 0 Å². The normalized spacial score (nSPS) is 12.1. The molecule has 0 spiro atoms. The number of benzene rings is 2. The summed E-state index contributed by atoms with van der Waals surface area (Å²) >= 11 is 0. The molecule has 144 valence electrons. The molecule has 9 nitrogen and oxygen atoms in total. The maximum atomic E-state index is 12.6. The van der Waals surface area contributed by atoms with Gasteiger partial charge in [0.15, 0.2) is 0 Å². The topological polar surface area (TPSA) is 119 Å². The Morgan fingerprint density at radius 2 is 1.85 bits per heavy atom. The van der Waals surface area contributed by atoms with E-state index in [-0.39, 0.29) is 11.4 Å². The fourth-order valence-electron chi connectivity index (χ4n) is 2.47. The standard InChI is InChI=1S/C17H19N3O6S/c1-12(17(21)18-13-7-9-16(26-2)10-8-13)19(27(3,24)25)14-5-4-6-15(11-14)20(22)23/h4-12H,1-3H3,(H,18,21)/t12-/m0/s1. The van der Waals surface area contributed by atoms with E-state index < -0.39 is 26.9 Å². The van der Waals surface area contributed by atoms with E-state index in [9.17, 15) is 23.3 Å². The van der Waals surface area contributed by atoms with Gasteiger partial charge in [0.2, 0.25) is 15.9 Å². The first kappa shape index (κ1) is 20.2. The van der Waals surface area contributed by atoms with Crippen molar-refractivity contribution in [3.05, 3.63) is 58.6 Å². The van der Waals surface area contributed by atoms with E-state index in [0.717, 1.165) is 16.6 Å². The van der Waals surface area contributed by atoms with Gasteiger partial charge >= 0.3 is 0 Å². The van der Waals surface area contributed by atoms with Crippen molar-refractivity contribution < 1.29 is 22.9 Å². The van der Waals surface area contributed by atoms with Gasteiger partial charge in [-0.25, -0.2) is 8.42 Å². The van der Waals surface area contributed by atoms with E-state index in [1.54, 1.807) is 24.3 Å². The minimum absolute atomic E-state index is 0.0316.